The average Bonchev–Trinajstić information content (AvgIpc) is 1.87. The summed E-state index contributed by atoms with van der Waals surface area (Å²) >= 11 is 3.63. The average molecular weight is 162 g/mol. The lowest BCUT2D eigenvalue weighted by atomic mass is 10.1. The summed E-state index contributed by atoms with van der Waals surface area (Å²) in [5, 5.41) is 0. The van der Waals surface area contributed by atoms with Gasteiger partial charge in [0.05, 0.1) is 0 Å². The van der Waals surface area contributed by atoms with Crippen molar-refractivity contribution in [3.8, 4) is 0 Å². The monoisotopic (exact) mass is 162 g/mol. The van der Waals surface area contributed by atoms with Crippen LogP contribution in [0, 0.1) is 5.92 Å². The number of hydrogen-bond donors (Lipinski definition) is 1. The van der Waals surface area contributed by atoms with Crippen molar-refractivity contribution in [1.29, 1.82) is 0 Å². The summed E-state index contributed by atoms with van der Waals surface area (Å²) in [7, 11) is 0. The molecule has 0 fully saturated rings. The molecular formula is C6H10O3S. The Bertz CT molecular complexity index is 142. The minimum absolute atomic E-state index is 0.0444. The van der Waals surface area contributed by atoms with Crippen LogP contribution in [0.1, 0.15) is 13.8 Å². The van der Waals surface area contributed by atoms with E-state index in [4.69, 9.17) is 0 Å². The summed E-state index contributed by atoms with van der Waals surface area (Å²) in [6.45, 7) is 3.28. The number of rotatable bonds is 3. The van der Waals surface area contributed by atoms with Crippen LogP contribution in [-0.4, -0.2) is 17.7 Å². The highest BCUT2D eigenvalue weighted by atomic mass is 32.1. The number of carbonyl (C=O) groups excluding carboxylic acids is 2. The predicted octanol–water partition coefficient (Wildman–Crippen LogP) is 0.642. The van der Waals surface area contributed by atoms with Gasteiger partial charge in [-0.1, -0.05) is 13.8 Å². The van der Waals surface area contributed by atoms with Crippen LogP contribution < -0.4 is 0 Å². The number of esters is 1. The van der Waals surface area contributed by atoms with Crippen LogP contribution in [0.15, 0.2) is 0 Å². The van der Waals surface area contributed by atoms with Gasteiger partial charge in [0.2, 0.25) is 5.78 Å². The van der Waals surface area contributed by atoms with Crippen molar-refractivity contribution < 1.29 is 14.3 Å². The molecule has 0 saturated carbocycles. The lowest BCUT2D eigenvalue weighted by Crippen LogP contribution is -2.21. The molecule has 0 aromatic rings. The third kappa shape index (κ3) is 2.87. The zero-order valence-electron chi connectivity index (χ0n) is 5.96. The third-order valence-electron chi connectivity index (χ3n) is 0.921. The summed E-state index contributed by atoms with van der Waals surface area (Å²) in [4.78, 5) is 21.3. The Morgan fingerprint density at radius 3 is 2.30 bits per heavy atom. The quantitative estimate of drug-likeness (QED) is 0.287. The molecule has 0 spiro atoms. The van der Waals surface area contributed by atoms with Crippen LogP contribution in [-0.2, 0) is 14.3 Å². The molecule has 10 heavy (non-hydrogen) atoms. The number of ketones is 1. The molecular weight excluding hydrogens is 152 g/mol. The van der Waals surface area contributed by atoms with Crippen LogP contribution >= 0.6 is 12.6 Å². The van der Waals surface area contributed by atoms with Crippen LogP contribution in [0.3, 0.4) is 0 Å². The molecule has 0 rings (SSSR count). The van der Waals surface area contributed by atoms with Crippen molar-refractivity contribution in [2.75, 3.05) is 5.94 Å². The zero-order valence-corrected chi connectivity index (χ0v) is 6.85. The smallest absolute Gasteiger partial charge is 0.375 e. The second-order valence-corrected chi connectivity index (χ2v) is 2.34. The summed E-state index contributed by atoms with van der Waals surface area (Å²) in [6.07, 6.45) is 0. The lowest BCUT2D eigenvalue weighted by Gasteiger charge is -2.01. The zero-order chi connectivity index (χ0) is 8.15. The number of hydrogen-bond acceptors (Lipinski definition) is 4. The molecule has 0 unspecified atom stereocenters. The van der Waals surface area contributed by atoms with Gasteiger partial charge >= 0.3 is 5.97 Å². The van der Waals surface area contributed by atoms with E-state index >= 15 is 0 Å². The molecule has 0 aliphatic rings. The van der Waals surface area contributed by atoms with E-state index in [1.807, 2.05) is 0 Å². The van der Waals surface area contributed by atoms with Gasteiger partial charge in [0.15, 0.2) is 0 Å². The Morgan fingerprint density at radius 2 is 2.00 bits per heavy atom. The molecule has 3 nitrogen and oxygen atoms in total. The Labute approximate surface area is 65.2 Å². The summed E-state index contributed by atoms with van der Waals surface area (Å²) in [5.74, 6) is -1.65. The van der Waals surface area contributed by atoms with Crippen LogP contribution in [0.2, 0.25) is 0 Å². The highest BCUT2D eigenvalue weighted by Crippen LogP contribution is 1.96. The first-order valence-electron chi connectivity index (χ1n) is 2.91. The molecule has 0 aromatic carbocycles. The van der Waals surface area contributed by atoms with E-state index in [1.165, 1.54) is 0 Å². The van der Waals surface area contributed by atoms with Gasteiger partial charge in [-0.25, -0.2) is 4.79 Å². The van der Waals surface area contributed by atoms with Crippen molar-refractivity contribution in [3.05, 3.63) is 0 Å². The maximum absolute atomic E-state index is 10.7. The fourth-order valence-corrected chi connectivity index (χ4v) is 0.483. The van der Waals surface area contributed by atoms with Crippen molar-refractivity contribution in [3.63, 3.8) is 0 Å². The molecule has 0 N–H and O–H groups in total. The first-order chi connectivity index (χ1) is 4.59. The lowest BCUT2D eigenvalue weighted by molar-refractivity contribution is -0.153. The van der Waals surface area contributed by atoms with Crippen LogP contribution in [0.4, 0.5) is 0 Å². The molecule has 0 bridgehead atoms. The second-order valence-electron chi connectivity index (χ2n) is 2.08. The van der Waals surface area contributed by atoms with Crippen molar-refractivity contribution in [1.82, 2.24) is 0 Å². The number of thiol groups is 1. The first kappa shape index (κ1) is 9.49. The largest absolute Gasteiger partial charge is 0.449 e. The summed E-state index contributed by atoms with van der Waals surface area (Å²) in [5.41, 5.74) is 0. The standard InChI is InChI=1S/C6H10O3S/c1-4(2)5(7)6(8)9-3-10/h4,10H,3H2,1-2H3. The topological polar surface area (TPSA) is 43.4 Å². The van der Waals surface area contributed by atoms with Crippen molar-refractivity contribution in [2.45, 2.75) is 13.8 Å². The molecule has 0 amide bonds. The second kappa shape index (κ2) is 4.33. The van der Waals surface area contributed by atoms with E-state index in [9.17, 15) is 9.59 Å². The predicted molar refractivity (Wildman–Crippen MR) is 39.8 cm³/mol. The molecule has 0 saturated heterocycles. The maximum Gasteiger partial charge on any atom is 0.375 e. The van der Waals surface area contributed by atoms with Crippen LogP contribution in [0.5, 0.6) is 0 Å². The maximum atomic E-state index is 10.7. The van der Waals surface area contributed by atoms with Crippen LogP contribution in [0.25, 0.3) is 0 Å². The van der Waals surface area contributed by atoms with E-state index in [-0.39, 0.29) is 11.9 Å². The minimum Gasteiger partial charge on any atom is -0.449 e. The molecule has 58 valence electrons. The molecule has 0 aliphatic heterocycles. The van der Waals surface area contributed by atoms with Gasteiger partial charge < -0.3 is 4.74 Å². The van der Waals surface area contributed by atoms with Gasteiger partial charge in [-0.15, -0.1) is 12.6 Å². The fourth-order valence-electron chi connectivity index (χ4n) is 0.365. The first-order valence-corrected chi connectivity index (χ1v) is 3.54. The Hall–Kier alpha value is -0.510. The Balaban J connectivity index is 3.83. The van der Waals surface area contributed by atoms with Gasteiger partial charge in [-0.05, 0) is 0 Å². The SMILES string of the molecule is CC(C)C(=O)C(=O)OCS. The molecule has 0 aliphatic carbocycles. The van der Waals surface area contributed by atoms with Gasteiger partial charge in [0, 0.05) is 5.92 Å². The van der Waals surface area contributed by atoms with E-state index < -0.39 is 11.8 Å². The highest BCUT2D eigenvalue weighted by molar-refractivity contribution is 7.80. The number of carbonyl (C=O) groups is 2. The molecule has 0 atom stereocenters. The summed E-state index contributed by atoms with van der Waals surface area (Å²) < 4.78 is 4.34. The van der Waals surface area contributed by atoms with Gasteiger partial charge in [-0.3, -0.25) is 4.79 Å². The van der Waals surface area contributed by atoms with E-state index in [1.54, 1.807) is 13.8 Å². The molecule has 0 heterocycles. The Kier molecular flexibility index (Phi) is 4.11. The van der Waals surface area contributed by atoms with Gasteiger partial charge in [0.25, 0.3) is 0 Å². The third-order valence-corrected chi connectivity index (χ3v) is 1.05. The van der Waals surface area contributed by atoms with E-state index in [2.05, 4.69) is 17.4 Å². The molecule has 0 radical (unpaired) electrons. The number of ether oxygens (including phenoxy) is 1. The minimum atomic E-state index is -0.801. The normalized spacial score (nSPS) is 9.60. The fraction of sp³-hybridized carbons (Fsp3) is 0.667. The molecule has 4 heteroatoms. The van der Waals surface area contributed by atoms with Gasteiger partial charge in [0.1, 0.15) is 5.94 Å². The van der Waals surface area contributed by atoms with Crippen molar-refractivity contribution >= 4 is 24.4 Å². The Morgan fingerprint density at radius 1 is 1.50 bits per heavy atom. The van der Waals surface area contributed by atoms with Gasteiger partial charge in [-0.2, -0.15) is 0 Å². The highest BCUT2D eigenvalue weighted by Gasteiger charge is 2.17. The van der Waals surface area contributed by atoms with Crippen molar-refractivity contribution in [2.24, 2.45) is 5.92 Å². The summed E-state index contributed by atoms with van der Waals surface area (Å²) in [6, 6.07) is 0. The van der Waals surface area contributed by atoms with E-state index in [0.717, 1.165) is 0 Å². The molecule has 0 aromatic heterocycles. The number of Topliss-reactive ketones (excluding diaryl/α,β-unsaturated/α-hetero) is 1. The van der Waals surface area contributed by atoms with E-state index in [0.29, 0.717) is 0 Å².